The molecule has 18 heavy (non-hydrogen) atoms. The van der Waals surface area contributed by atoms with Gasteiger partial charge < -0.3 is 4.57 Å². The van der Waals surface area contributed by atoms with Crippen molar-refractivity contribution in [2.24, 2.45) is 0 Å². The lowest BCUT2D eigenvalue weighted by molar-refractivity contribution is 0.446. The summed E-state index contributed by atoms with van der Waals surface area (Å²) in [4.78, 5) is 0. The minimum Gasteiger partial charge on any atom is -0.324 e. The Kier molecular flexibility index (Phi) is 11.1. The summed E-state index contributed by atoms with van der Waals surface area (Å²) in [6, 6.07) is 4.64. The normalized spacial score (nSPS) is 12.3. The van der Waals surface area contributed by atoms with E-state index in [4.69, 9.17) is 0 Å². The summed E-state index contributed by atoms with van der Waals surface area (Å²) in [5, 5.41) is 0. The van der Waals surface area contributed by atoms with Gasteiger partial charge in [-0.1, -0.05) is 73.1 Å². The number of hydrogen-bond donors (Lipinski definition) is 0. The van der Waals surface area contributed by atoms with E-state index < -0.39 is 8.24 Å². The average molecular weight is 272 g/mol. The second-order valence-electron chi connectivity index (χ2n) is 5.71. The fourth-order valence-electron chi connectivity index (χ4n) is 3.26. The number of nitrogens with zero attached hydrogens (tertiary/aromatic N) is 1. The van der Waals surface area contributed by atoms with Gasteiger partial charge in [-0.25, -0.2) is 0 Å². The van der Waals surface area contributed by atoms with Crippen LogP contribution >= 0.6 is 0 Å². The summed E-state index contributed by atoms with van der Waals surface area (Å²) in [5.41, 5.74) is 0. The molecule has 0 bridgehead atoms. The van der Waals surface area contributed by atoms with Gasteiger partial charge in [-0.3, -0.25) is 0 Å². The number of unbranched alkanes of at least 4 members (excludes halogenated alkanes) is 3. The molecule has 110 valence electrons. The molecule has 0 amide bonds. The van der Waals surface area contributed by atoms with Crippen LogP contribution in [-0.4, -0.2) is 25.9 Å². The van der Waals surface area contributed by atoms with E-state index in [1.807, 2.05) is 0 Å². The second kappa shape index (κ2) is 11.0. The zero-order chi connectivity index (χ0) is 13.9. The molecule has 0 aromatic rings. The van der Waals surface area contributed by atoms with Crippen molar-refractivity contribution in [2.75, 3.05) is 13.1 Å². The Hall–Kier alpha value is 0.177. The van der Waals surface area contributed by atoms with Crippen molar-refractivity contribution < 1.29 is 0 Å². The Morgan fingerprint density at radius 1 is 0.611 bits per heavy atom. The lowest BCUT2D eigenvalue weighted by Gasteiger charge is -2.42. The van der Waals surface area contributed by atoms with Gasteiger partial charge in [0.15, 0.2) is 0 Å². The Bertz CT molecular complexity index is 156. The van der Waals surface area contributed by atoms with Crippen LogP contribution in [0.15, 0.2) is 0 Å². The van der Waals surface area contributed by atoms with E-state index in [1.54, 1.807) is 18.1 Å². The lowest BCUT2D eigenvalue weighted by Crippen LogP contribution is -2.53. The van der Waals surface area contributed by atoms with Crippen molar-refractivity contribution in [3.05, 3.63) is 0 Å². The van der Waals surface area contributed by atoms with E-state index in [-0.39, 0.29) is 0 Å². The van der Waals surface area contributed by atoms with Crippen molar-refractivity contribution in [1.29, 1.82) is 0 Å². The van der Waals surface area contributed by atoms with Crippen LogP contribution < -0.4 is 0 Å². The van der Waals surface area contributed by atoms with Gasteiger partial charge in [-0.15, -0.1) is 0 Å². The predicted octanol–water partition coefficient (Wildman–Crippen LogP) is 5.67. The average Bonchev–Trinajstić information content (AvgIpc) is 2.41. The van der Waals surface area contributed by atoms with Crippen molar-refractivity contribution in [2.45, 2.75) is 91.3 Å². The van der Waals surface area contributed by atoms with E-state index >= 15 is 0 Å². The van der Waals surface area contributed by atoms with E-state index in [9.17, 15) is 0 Å². The van der Waals surface area contributed by atoms with Crippen molar-refractivity contribution in [3.8, 4) is 0 Å². The van der Waals surface area contributed by atoms with Crippen LogP contribution in [0.1, 0.15) is 73.1 Å². The highest BCUT2D eigenvalue weighted by molar-refractivity contribution is 6.77. The molecule has 0 heterocycles. The highest BCUT2D eigenvalue weighted by atomic mass is 28.3. The second-order valence-corrected chi connectivity index (χ2v) is 10.3. The molecular weight excluding hydrogens is 234 g/mol. The van der Waals surface area contributed by atoms with Gasteiger partial charge in [0.2, 0.25) is 0 Å². The molecule has 0 aliphatic heterocycles. The van der Waals surface area contributed by atoms with Crippen LogP contribution in [0.3, 0.4) is 0 Å². The maximum Gasteiger partial charge on any atom is 0.128 e. The molecule has 1 nitrogen and oxygen atoms in total. The highest BCUT2D eigenvalue weighted by Gasteiger charge is 2.35. The predicted molar refractivity (Wildman–Crippen MR) is 87.8 cm³/mol. The molecule has 0 rings (SSSR count). The molecule has 0 saturated heterocycles. The Morgan fingerprint density at radius 2 is 0.944 bits per heavy atom. The van der Waals surface area contributed by atoms with Crippen LogP contribution in [0.2, 0.25) is 18.1 Å². The Balaban J connectivity index is 4.82. The third-order valence-corrected chi connectivity index (χ3v) is 10.2. The summed E-state index contributed by atoms with van der Waals surface area (Å²) in [7, 11) is -1.15. The first-order valence-corrected chi connectivity index (χ1v) is 11.0. The van der Waals surface area contributed by atoms with Crippen LogP contribution in [0.4, 0.5) is 0 Å². The fraction of sp³-hybridized carbons (Fsp3) is 1.00. The number of rotatable bonds is 12. The molecule has 0 spiro atoms. The zero-order valence-electron chi connectivity index (χ0n) is 13.7. The van der Waals surface area contributed by atoms with E-state index in [0.717, 1.165) is 0 Å². The van der Waals surface area contributed by atoms with Crippen LogP contribution in [0, 0.1) is 0 Å². The first-order chi connectivity index (χ1) is 8.70. The molecule has 0 atom stereocenters. The van der Waals surface area contributed by atoms with Crippen molar-refractivity contribution in [3.63, 3.8) is 0 Å². The summed E-state index contributed by atoms with van der Waals surface area (Å²) >= 11 is 0. The smallest absolute Gasteiger partial charge is 0.128 e. The van der Waals surface area contributed by atoms with Crippen molar-refractivity contribution in [1.82, 2.24) is 4.57 Å². The largest absolute Gasteiger partial charge is 0.324 e. The molecule has 0 fully saturated rings. The quantitative estimate of drug-likeness (QED) is 0.413. The van der Waals surface area contributed by atoms with Gasteiger partial charge in [0.1, 0.15) is 8.24 Å². The molecule has 0 radical (unpaired) electrons. The molecule has 0 aromatic heterocycles. The fourth-order valence-corrected chi connectivity index (χ4v) is 9.34. The van der Waals surface area contributed by atoms with Crippen LogP contribution in [0.5, 0.6) is 0 Å². The third-order valence-electron chi connectivity index (χ3n) is 4.42. The standard InChI is InChI=1S/C16H37NSi/c1-6-11-14-18(15-12-7-2,16-13-8-3)17(9-4)10-5/h6-16H2,1-5H3. The first kappa shape index (κ1) is 18.2. The molecule has 0 aliphatic carbocycles. The van der Waals surface area contributed by atoms with Gasteiger partial charge in [0.05, 0.1) is 0 Å². The van der Waals surface area contributed by atoms with Gasteiger partial charge in [-0.05, 0) is 31.2 Å². The minimum atomic E-state index is -1.15. The SMILES string of the molecule is CCCC[Si](CCCC)(CCCC)N(CC)CC. The van der Waals surface area contributed by atoms with E-state index in [0.29, 0.717) is 0 Å². The number of hydrogen-bond acceptors (Lipinski definition) is 1. The molecule has 0 N–H and O–H groups in total. The molecule has 0 aromatic carbocycles. The molecule has 0 aliphatic rings. The first-order valence-electron chi connectivity index (χ1n) is 8.45. The maximum absolute atomic E-state index is 2.90. The van der Waals surface area contributed by atoms with Crippen molar-refractivity contribution >= 4 is 8.24 Å². The molecule has 0 saturated carbocycles. The topological polar surface area (TPSA) is 3.24 Å². The third kappa shape index (κ3) is 5.88. The van der Waals surface area contributed by atoms with Gasteiger partial charge in [0, 0.05) is 0 Å². The minimum absolute atomic E-state index is 1.15. The van der Waals surface area contributed by atoms with Crippen LogP contribution in [0.25, 0.3) is 0 Å². The van der Waals surface area contributed by atoms with Crippen LogP contribution in [-0.2, 0) is 0 Å². The summed E-state index contributed by atoms with van der Waals surface area (Å²) in [6.45, 7) is 14.3. The summed E-state index contributed by atoms with van der Waals surface area (Å²) in [5.74, 6) is 0. The maximum atomic E-state index is 2.90. The lowest BCUT2D eigenvalue weighted by atomic mass is 10.4. The van der Waals surface area contributed by atoms with Gasteiger partial charge in [-0.2, -0.15) is 0 Å². The zero-order valence-corrected chi connectivity index (χ0v) is 14.7. The van der Waals surface area contributed by atoms with E-state index in [2.05, 4.69) is 39.2 Å². The summed E-state index contributed by atoms with van der Waals surface area (Å²) in [6.07, 6.45) is 8.47. The Morgan fingerprint density at radius 3 is 1.17 bits per heavy atom. The highest BCUT2D eigenvalue weighted by Crippen LogP contribution is 2.31. The van der Waals surface area contributed by atoms with E-state index in [1.165, 1.54) is 51.6 Å². The molecular formula is C16H37NSi. The molecule has 2 heteroatoms. The molecule has 0 unspecified atom stereocenters. The van der Waals surface area contributed by atoms with Gasteiger partial charge >= 0.3 is 0 Å². The Labute approximate surface area is 117 Å². The monoisotopic (exact) mass is 271 g/mol. The summed E-state index contributed by atoms with van der Waals surface area (Å²) < 4.78 is 2.90. The van der Waals surface area contributed by atoms with Gasteiger partial charge in [0.25, 0.3) is 0 Å².